The molecule has 0 bridgehead atoms. The molecule has 186 valence electrons. The SMILES string of the molecule is CF.Cc1cc(-c2ccc(C3CCN(C(=O)OC(C)(C)C)CC3)cc2)sc1C(=O)N1CCCC1. The van der Waals surface area contributed by atoms with E-state index in [0.29, 0.717) is 13.1 Å². The van der Waals surface area contributed by atoms with Crippen molar-refractivity contribution >= 4 is 23.3 Å². The van der Waals surface area contributed by atoms with Crippen LogP contribution in [0.15, 0.2) is 30.3 Å². The standard InChI is InChI=1S/C26H34N2O3S.CH3F/c1-18-17-22(32-23(18)24(29)27-13-5-6-14-27)21-9-7-19(8-10-21)20-11-15-28(16-12-20)25(30)31-26(2,3)4;1-2/h7-10,17,20H,5-6,11-16H2,1-4H3;1H3. The fraction of sp³-hybridized carbons (Fsp3) is 0.556. The number of thiophene rings is 1. The lowest BCUT2D eigenvalue weighted by Crippen LogP contribution is -2.41. The largest absolute Gasteiger partial charge is 0.444 e. The first kappa shape index (κ1) is 26.2. The van der Waals surface area contributed by atoms with E-state index in [2.05, 4.69) is 30.3 Å². The molecule has 2 aliphatic heterocycles. The fourth-order valence-corrected chi connectivity index (χ4v) is 5.69. The number of halogens is 1. The Morgan fingerprint density at radius 2 is 1.56 bits per heavy atom. The van der Waals surface area contributed by atoms with Crippen LogP contribution < -0.4 is 0 Å². The molecule has 1 aromatic heterocycles. The van der Waals surface area contributed by atoms with Gasteiger partial charge < -0.3 is 14.5 Å². The third kappa shape index (κ3) is 6.38. The Kier molecular flexibility index (Phi) is 8.74. The smallest absolute Gasteiger partial charge is 0.410 e. The van der Waals surface area contributed by atoms with Gasteiger partial charge in [-0.1, -0.05) is 24.3 Å². The molecule has 0 N–H and O–H groups in total. The lowest BCUT2D eigenvalue weighted by Gasteiger charge is -2.33. The average Bonchev–Trinajstić information content (AvgIpc) is 3.49. The van der Waals surface area contributed by atoms with Gasteiger partial charge in [-0.05, 0) is 82.1 Å². The van der Waals surface area contributed by atoms with E-state index in [-0.39, 0.29) is 12.0 Å². The topological polar surface area (TPSA) is 49.9 Å². The Balaban J connectivity index is 0.00000158. The van der Waals surface area contributed by atoms with Crippen LogP contribution in [0.25, 0.3) is 10.4 Å². The number of amides is 2. The van der Waals surface area contributed by atoms with Crippen molar-refractivity contribution in [3.8, 4) is 10.4 Å². The van der Waals surface area contributed by atoms with Crippen molar-refractivity contribution in [1.29, 1.82) is 0 Å². The zero-order valence-corrected chi connectivity index (χ0v) is 21.8. The monoisotopic (exact) mass is 488 g/mol. The van der Waals surface area contributed by atoms with Gasteiger partial charge in [-0.2, -0.15) is 0 Å². The maximum atomic E-state index is 12.8. The lowest BCUT2D eigenvalue weighted by atomic mass is 9.89. The normalized spacial score (nSPS) is 16.8. The molecule has 2 saturated heterocycles. The van der Waals surface area contributed by atoms with Gasteiger partial charge in [0.25, 0.3) is 5.91 Å². The highest BCUT2D eigenvalue weighted by Crippen LogP contribution is 2.35. The van der Waals surface area contributed by atoms with Gasteiger partial charge in [-0.15, -0.1) is 11.3 Å². The van der Waals surface area contributed by atoms with Crippen LogP contribution >= 0.6 is 11.3 Å². The summed E-state index contributed by atoms with van der Waals surface area (Å²) in [6, 6.07) is 10.9. The Labute approximate surface area is 206 Å². The van der Waals surface area contributed by atoms with Crippen LogP contribution in [-0.4, -0.2) is 60.8 Å². The van der Waals surface area contributed by atoms with Gasteiger partial charge in [0.2, 0.25) is 0 Å². The average molecular weight is 489 g/mol. The number of carbonyl (C=O) groups is 2. The van der Waals surface area contributed by atoms with Crippen LogP contribution in [0.5, 0.6) is 0 Å². The molecular weight excluding hydrogens is 451 g/mol. The number of nitrogens with zero attached hydrogens (tertiary/aromatic N) is 2. The zero-order valence-electron chi connectivity index (χ0n) is 21.0. The number of carbonyl (C=O) groups excluding carboxylic acids is 2. The van der Waals surface area contributed by atoms with Crippen LogP contribution in [0.4, 0.5) is 9.18 Å². The number of alkyl halides is 1. The fourth-order valence-electron chi connectivity index (χ4n) is 4.54. The summed E-state index contributed by atoms with van der Waals surface area (Å²) in [4.78, 5) is 31.0. The Morgan fingerprint density at radius 1 is 0.971 bits per heavy atom. The number of rotatable bonds is 3. The van der Waals surface area contributed by atoms with Crippen LogP contribution in [-0.2, 0) is 4.74 Å². The van der Waals surface area contributed by atoms with Gasteiger partial charge in [0.1, 0.15) is 5.60 Å². The molecule has 0 radical (unpaired) electrons. The quantitative estimate of drug-likeness (QED) is 0.485. The third-order valence-corrected chi connectivity index (χ3v) is 7.59. The van der Waals surface area contributed by atoms with Gasteiger partial charge in [0.15, 0.2) is 0 Å². The van der Waals surface area contributed by atoms with Crippen molar-refractivity contribution < 1.29 is 18.7 Å². The summed E-state index contributed by atoms with van der Waals surface area (Å²) < 4.78 is 15.0. The molecule has 0 atom stereocenters. The van der Waals surface area contributed by atoms with Crippen molar-refractivity contribution in [2.24, 2.45) is 0 Å². The number of aryl methyl sites for hydroxylation is 1. The molecule has 2 aliphatic rings. The summed E-state index contributed by atoms with van der Waals surface area (Å²) in [7, 11) is 0.500. The van der Waals surface area contributed by atoms with Crippen LogP contribution in [0, 0.1) is 6.92 Å². The molecule has 34 heavy (non-hydrogen) atoms. The van der Waals surface area contributed by atoms with Gasteiger partial charge >= 0.3 is 6.09 Å². The van der Waals surface area contributed by atoms with Gasteiger partial charge in [0.05, 0.1) is 12.1 Å². The lowest BCUT2D eigenvalue weighted by molar-refractivity contribution is 0.0204. The highest BCUT2D eigenvalue weighted by atomic mass is 32.1. The first-order valence-corrected chi connectivity index (χ1v) is 12.9. The third-order valence-electron chi connectivity index (χ3n) is 6.32. The van der Waals surface area contributed by atoms with Crippen molar-refractivity contribution in [3.05, 3.63) is 46.3 Å². The van der Waals surface area contributed by atoms with Crippen molar-refractivity contribution in [1.82, 2.24) is 9.80 Å². The summed E-state index contributed by atoms with van der Waals surface area (Å²) in [5.41, 5.74) is 3.09. The molecule has 0 aliphatic carbocycles. The molecular formula is C27H37FN2O3S. The van der Waals surface area contributed by atoms with E-state index in [9.17, 15) is 14.0 Å². The zero-order chi connectivity index (χ0) is 24.9. The summed E-state index contributed by atoms with van der Waals surface area (Å²) in [5, 5.41) is 0. The first-order valence-electron chi connectivity index (χ1n) is 12.1. The molecule has 0 saturated carbocycles. The van der Waals surface area contributed by atoms with Crippen LogP contribution in [0.2, 0.25) is 0 Å². The van der Waals surface area contributed by atoms with Crippen molar-refractivity contribution in [3.63, 3.8) is 0 Å². The highest BCUT2D eigenvalue weighted by molar-refractivity contribution is 7.17. The molecule has 4 rings (SSSR count). The molecule has 0 unspecified atom stereocenters. The van der Waals surface area contributed by atoms with E-state index >= 15 is 0 Å². The van der Waals surface area contributed by atoms with Crippen LogP contribution in [0.1, 0.15) is 73.2 Å². The van der Waals surface area contributed by atoms with Crippen molar-refractivity contribution in [2.45, 2.75) is 64.9 Å². The highest BCUT2D eigenvalue weighted by Gasteiger charge is 2.28. The number of hydrogen-bond acceptors (Lipinski definition) is 4. The number of piperidine rings is 1. The molecule has 5 nitrogen and oxygen atoms in total. The molecule has 7 heteroatoms. The minimum atomic E-state index is -0.455. The van der Waals surface area contributed by atoms with Gasteiger partial charge in [-0.25, -0.2) is 4.79 Å². The second-order valence-electron chi connectivity index (χ2n) is 9.99. The molecule has 3 heterocycles. The second kappa shape index (κ2) is 11.3. The van der Waals surface area contributed by atoms with E-state index in [0.717, 1.165) is 72.7 Å². The van der Waals surface area contributed by atoms with Crippen LogP contribution in [0.3, 0.4) is 0 Å². The molecule has 2 amide bonds. The summed E-state index contributed by atoms with van der Waals surface area (Å²) in [6.45, 7) is 11.0. The molecule has 2 aromatic rings. The van der Waals surface area contributed by atoms with Gasteiger partial charge in [0, 0.05) is 31.1 Å². The molecule has 0 spiro atoms. The number of benzene rings is 1. The Hall–Kier alpha value is -2.41. The van der Waals surface area contributed by atoms with E-state index < -0.39 is 5.60 Å². The number of hydrogen-bond donors (Lipinski definition) is 0. The summed E-state index contributed by atoms with van der Waals surface area (Å²) in [6.07, 6.45) is 3.91. The van der Waals surface area contributed by atoms with E-state index in [4.69, 9.17) is 4.74 Å². The Morgan fingerprint density at radius 3 is 2.12 bits per heavy atom. The summed E-state index contributed by atoms with van der Waals surface area (Å²) in [5.74, 6) is 0.643. The predicted molar refractivity (Wildman–Crippen MR) is 136 cm³/mol. The molecule has 1 aromatic carbocycles. The first-order chi connectivity index (χ1) is 16.2. The second-order valence-corrected chi connectivity index (χ2v) is 11.0. The predicted octanol–water partition coefficient (Wildman–Crippen LogP) is 6.66. The maximum Gasteiger partial charge on any atom is 0.410 e. The number of ether oxygens (including phenoxy) is 1. The van der Waals surface area contributed by atoms with E-state index in [1.54, 1.807) is 11.3 Å². The Bertz CT molecular complexity index is 967. The van der Waals surface area contributed by atoms with E-state index in [1.165, 1.54) is 5.56 Å². The minimum absolute atomic E-state index is 0.185. The van der Waals surface area contributed by atoms with Crippen molar-refractivity contribution in [2.75, 3.05) is 33.4 Å². The minimum Gasteiger partial charge on any atom is -0.444 e. The van der Waals surface area contributed by atoms with Gasteiger partial charge in [-0.3, -0.25) is 9.18 Å². The molecule has 2 fully saturated rings. The summed E-state index contributed by atoms with van der Waals surface area (Å²) >= 11 is 1.61. The maximum absolute atomic E-state index is 12.8. The number of likely N-dealkylation sites (tertiary alicyclic amines) is 2. The van der Waals surface area contributed by atoms with E-state index in [1.807, 2.05) is 37.5 Å².